The van der Waals surface area contributed by atoms with Gasteiger partial charge < -0.3 is 14.8 Å². The molecule has 2 heterocycles. The highest BCUT2D eigenvalue weighted by molar-refractivity contribution is 6.02. The second-order valence-electron chi connectivity index (χ2n) is 5.17. The van der Waals surface area contributed by atoms with E-state index in [0.717, 1.165) is 5.69 Å². The first kappa shape index (κ1) is 16.8. The summed E-state index contributed by atoms with van der Waals surface area (Å²) in [5, 5.41) is 6.68. The fourth-order valence-corrected chi connectivity index (χ4v) is 2.14. The summed E-state index contributed by atoms with van der Waals surface area (Å²) in [4.78, 5) is 20.5. The highest BCUT2D eigenvalue weighted by Crippen LogP contribution is 2.25. The number of aryl methyl sites for hydroxylation is 1. The van der Waals surface area contributed by atoms with E-state index in [0.29, 0.717) is 18.1 Å². The van der Waals surface area contributed by atoms with Crippen LogP contribution < -0.4 is 10.1 Å². The number of benzene rings is 1. The van der Waals surface area contributed by atoms with Gasteiger partial charge in [-0.2, -0.15) is 4.98 Å². The van der Waals surface area contributed by atoms with E-state index >= 15 is 0 Å². The molecule has 0 radical (unpaired) electrons. The molecule has 1 aromatic carbocycles. The van der Waals surface area contributed by atoms with Crippen LogP contribution in [0.4, 0.5) is 10.1 Å². The summed E-state index contributed by atoms with van der Waals surface area (Å²) >= 11 is 0. The van der Waals surface area contributed by atoms with E-state index in [2.05, 4.69) is 20.4 Å². The Morgan fingerprint density at radius 3 is 2.92 bits per heavy atom. The van der Waals surface area contributed by atoms with E-state index in [9.17, 15) is 9.18 Å². The molecule has 0 aliphatic carbocycles. The molecule has 0 aliphatic rings. The highest BCUT2D eigenvalue weighted by Gasteiger charge is 2.17. The molecule has 0 spiro atoms. The lowest BCUT2D eigenvalue weighted by Gasteiger charge is -2.11. The Labute approximate surface area is 142 Å². The van der Waals surface area contributed by atoms with Crippen molar-refractivity contribution in [3.63, 3.8) is 0 Å². The van der Waals surface area contributed by atoms with Crippen LogP contribution in [0.1, 0.15) is 16.3 Å². The molecule has 1 amide bonds. The van der Waals surface area contributed by atoms with Gasteiger partial charge in [0.15, 0.2) is 0 Å². The third-order valence-corrected chi connectivity index (χ3v) is 3.37. The van der Waals surface area contributed by atoms with Crippen molar-refractivity contribution >= 4 is 17.4 Å². The zero-order valence-corrected chi connectivity index (χ0v) is 13.7. The van der Waals surface area contributed by atoms with E-state index in [4.69, 9.17) is 9.47 Å². The van der Waals surface area contributed by atoms with Gasteiger partial charge in [0.2, 0.25) is 5.82 Å². The third kappa shape index (κ3) is 3.72. The van der Waals surface area contributed by atoms with Gasteiger partial charge in [-0.1, -0.05) is 0 Å². The monoisotopic (exact) mass is 345 g/mol. The predicted molar refractivity (Wildman–Crippen MR) is 87.2 cm³/mol. The van der Waals surface area contributed by atoms with Crippen molar-refractivity contribution in [1.29, 1.82) is 0 Å². The first-order valence-corrected chi connectivity index (χ1v) is 7.49. The molecule has 3 rings (SSSR count). The Bertz CT molecular complexity index is 912. The van der Waals surface area contributed by atoms with Crippen molar-refractivity contribution in [1.82, 2.24) is 19.6 Å². The third-order valence-electron chi connectivity index (χ3n) is 3.37. The molecule has 25 heavy (non-hydrogen) atoms. The van der Waals surface area contributed by atoms with Gasteiger partial charge in [-0.05, 0) is 25.1 Å². The predicted octanol–water partition coefficient (Wildman–Crippen LogP) is 1.85. The molecular weight excluding hydrogens is 329 g/mol. The molecule has 0 saturated heterocycles. The van der Waals surface area contributed by atoms with E-state index in [1.807, 2.05) is 6.92 Å². The van der Waals surface area contributed by atoms with Gasteiger partial charge in [0.05, 0.1) is 12.3 Å². The van der Waals surface area contributed by atoms with Crippen LogP contribution in [-0.4, -0.2) is 45.8 Å². The first-order valence-electron chi connectivity index (χ1n) is 7.49. The van der Waals surface area contributed by atoms with Crippen LogP contribution in [0.5, 0.6) is 5.75 Å². The number of ether oxygens (including phenoxy) is 2. The molecule has 2 aromatic heterocycles. The molecule has 130 valence electrons. The number of carbonyl (C=O) groups is 1. The first-order chi connectivity index (χ1) is 12.1. The number of anilines is 1. The summed E-state index contributed by atoms with van der Waals surface area (Å²) in [6, 6.07) is 5.59. The summed E-state index contributed by atoms with van der Waals surface area (Å²) < 4.78 is 25.4. The number of amides is 1. The zero-order chi connectivity index (χ0) is 17.8. The largest absolute Gasteiger partial charge is 0.489 e. The lowest BCUT2D eigenvalue weighted by molar-refractivity contribution is 0.101. The van der Waals surface area contributed by atoms with Crippen molar-refractivity contribution in [3.05, 3.63) is 47.8 Å². The molecule has 0 fully saturated rings. The average Bonchev–Trinajstić information content (AvgIpc) is 3.03. The maximum Gasteiger partial charge on any atom is 0.295 e. The SMILES string of the molecule is COCCOc1ccc(F)cc1NC(=O)c1nc2nccc(C)n2n1. The minimum atomic E-state index is -0.591. The van der Waals surface area contributed by atoms with Crippen LogP contribution in [0.2, 0.25) is 0 Å². The number of nitrogens with one attached hydrogen (secondary N) is 1. The van der Waals surface area contributed by atoms with Crippen molar-refractivity contribution in [2.45, 2.75) is 6.92 Å². The molecule has 0 unspecified atom stereocenters. The van der Waals surface area contributed by atoms with Crippen LogP contribution in [0.25, 0.3) is 5.78 Å². The maximum absolute atomic E-state index is 13.5. The van der Waals surface area contributed by atoms with E-state index in [-0.39, 0.29) is 18.1 Å². The van der Waals surface area contributed by atoms with Crippen molar-refractivity contribution in [2.24, 2.45) is 0 Å². The number of aromatic nitrogens is 4. The Kier molecular flexibility index (Phi) is 4.85. The Morgan fingerprint density at radius 1 is 1.32 bits per heavy atom. The van der Waals surface area contributed by atoms with Crippen LogP contribution >= 0.6 is 0 Å². The van der Waals surface area contributed by atoms with Crippen LogP contribution in [0.3, 0.4) is 0 Å². The van der Waals surface area contributed by atoms with Gasteiger partial charge in [-0.15, -0.1) is 5.10 Å². The highest BCUT2D eigenvalue weighted by atomic mass is 19.1. The molecule has 0 atom stereocenters. The second kappa shape index (κ2) is 7.22. The number of nitrogens with zero attached hydrogens (tertiary/aromatic N) is 4. The molecule has 1 N–H and O–H groups in total. The number of rotatable bonds is 6. The normalized spacial score (nSPS) is 10.8. The average molecular weight is 345 g/mol. The standard InChI is InChI=1S/C16H16FN5O3/c1-10-5-6-18-16-20-14(21-22(10)16)15(23)19-12-9-11(17)3-4-13(12)25-8-7-24-2/h3-6,9H,7-8H2,1-2H3,(H,19,23). The van der Waals surface area contributed by atoms with Gasteiger partial charge in [0, 0.05) is 25.1 Å². The topological polar surface area (TPSA) is 90.6 Å². The van der Waals surface area contributed by atoms with E-state index in [1.54, 1.807) is 19.4 Å². The number of hydrogen-bond acceptors (Lipinski definition) is 6. The second-order valence-corrected chi connectivity index (χ2v) is 5.17. The van der Waals surface area contributed by atoms with Crippen LogP contribution in [-0.2, 0) is 4.74 Å². The van der Waals surface area contributed by atoms with E-state index in [1.165, 1.54) is 22.7 Å². The molecular formula is C16H16FN5O3. The number of methoxy groups -OCH3 is 1. The van der Waals surface area contributed by atoms with Gasteiger partial charge in [0.1, 0.15) is 18.2 Å². The fraction of sp³-hybridized carbons (Fsp3) is 0.250. The Morgan fingerprint density at radius 2 is 2.16 bits per heavy atom. The van der Waals surface area contributed by atoms with Crippen molar-refractivity contribution in [3.8, 4) is 5.75 Å². The quantitative estimate of drug-likeness (QED) is 0.686. The van der Waals surface area contributed by atoms with Gasteiger partial charge >= 0.3 is 0 Å². The number of hydrogen-bond donors (Lipinski definition) is 1. The summed E-state index contributed by atoms with van der Waals surface area (Å²) in [6.07, 6.45) is 1.58. The minimum absolute atomic E-state index is 0.0751. The molecule has 0 bridgehead atoms. The number of fused-ring (bicyclic) bond motifs is 1. The smallest absolute Gasteiger partial charge is 0.295 e. The summed E-state index contributed by atoms with van der Waals surface area (Å²) in [7, 11) is 1.54. The molecule has 3 aromatic rings. The summed E-state index contributed by atoms with van der Waals surface area (Å²) in [6.45, 7) is 2.45. The molecule has 9 heteroatoms. The zero-order valence-electron chi connectivity index (χ0n) is 13.7. The van der Waals surface area contributed by atoms with Crippen LogP contribution in [0.15, 0.2) is 30.5 Å². The van der Waals surface area contributed by atoms with Crippen molar-refractivity contribution in [2.75, 3.05) is 25.6 Å². The molecule has 0 saturated carbocycles. The lowest BCUT2D eigenvalue weighted by atomic mass is 10.2. The maximum atomic E-state index is 13.5. The minimum Gasteiger partial charge on any atom is -0.489 e. The summed E-state index contributed by atoms with van der Waals surface area (Å²) in [5.74, 6) is -0.540. The molecule has 8 nitrogen and oxygen atoms in total. The van der Waals surface area contributed by atoms with E-state index < -0.39 is 11.7 Å². The van der Waals surface area contributed by atoms with Crippen molar-refractivity contribution < 1.29 is 18.7 Å². The Balaban J connectivity index is 1.84. The van der Waals surface area contributed by atoms with Gasteiger partial charge in [0.25, 0.3) is 11.7 Å². The Hall–Kier alpha value is -3.07. The molecule has 0 aliphatic heterocycles. The lowest BCUT2D eigenvalue weighted by Crippen LogP contribution is -2.15. The van der Waals surface area contributed by atoms with Gasteiger partial charge in [-0.25, -0.2) is 13.9 Å². The van der Waals surface area contributed by atoms with Gasteiger partial charge in [-0.3, -0.25) is 4.79 Å². The fourth-order valence-electron chi connectivity index (χ4n) is 2.14. The van der Waals surface area contributed by atoms with Crippen LogP contribution in [0, 0.1) is 12.7 Å². The number of carbonyl (C=O) groups excluding carboxylic acids is 1. The summed E-state index contributed by atoms with van der Waals surface area (Å²) in [5.41, 5.74) is 0.968. The number of halogens is 1.